The molecule has 5 rings (SSSR count). The number of halogens is 2. The Kier molecular flexibility index (Phi) is 6.09. The molecule has 0 saturated heterocycles. The molecule has 1 atom stereocenters. The van der Waals surface area contributed by atoms with Crippen LogP contribution in [0.2, 0.25) is 10.0 Å². The van der Waals surface area contributed by atoms with E-state index in [4.69, 9.17) is 27.7 Å². The van der Waals surface area contributed by atoms with E-state index in [2.05, 4.69) is 15.5 Å². The first-order valence-corrected chi connectivity index (χ1v) is 11.4. The van der Waals surface area contributed by atoms with Crippen molar-refractivity contribution < 1.29 is 9.32 Å². The molecular weight excluding hydrogens is 471 g/mol. The molecule has 1 N–H and O–H groups in total. The Morgan fingerprint density at radius 2 is 1.76 bits per heavy atom. The number of urea groups is 1. The van der Waals surface area contributed by atoms with Gasteiger partial charge in [-0.15, -0.1) is 0 Å². The second kappa shape index (κ2) is 9.33. The maximum Gasteiger partial charge on any atom is 0.322 e. The summed E-state index contributed by atoms with van der Waals surface area (Å²) in [7, 11) is 0. The lowest BCUT2D eigenvalue weighted by Gasteiger charge is -2.35. The molecule has 0 aliphatic carbocycles. The fraction of sp³-hybridized carbons (Fsp3) is 0.115. The number of amides is 2. The van der Waals surface area contributed by atoms with Gasteiger partial charge in [0.1, 0.15) is 0 Å². The van der Waals surface area contributed by atoms with Crippen molar-refractivity contribution in [3.05, 3.63) is 112 Å². The van der Waals surface area contributed by atoms with Crippen LogP contribution in [0, 0.1) is 0 Å². The molecule has 1 unspecified atom stereocenters. The van der Waals surface area contributed by atoms with Gasteiger partial charge in [0, 0.05) is 21.3 Å². The number of allylic oxidation sites excluding steroid dienone is 1. The van der Waals surface area contributed by atoms with E-state index < -0.39 is 6.04 Å². The number of aromatic nitrogens is 2. The normalized spacial score (nSPS) is 16.0. The van der Waals surface area contributed by atoms with E-state index in [-0.39, 0.29) is 6.03 Å². The molecule has 0 saturated carbocycles. The molecule has 4 aromatic rings. The molecule has 0 bridgehead atoms. The van der Waals surface area contributed by atoms with Gasteiger partial charge >= 0.3 is 6.03 Å². The van der Waals surface area contributed by atoms with Gasteiger partial charge in [-0.05, 0) is 36.2 Å². The van der Waals surface area contributed by atoms with Gasteiger partial charge in [-0.3, -0.25) is 4.90 Å². The summed E-state index contributed by atoms with van der Waals surface area (Å²) < 4.78 is 5.71. The fourth-order valence-electron chi connectivity index (χ4n) is 4.02. The number of rotatable bonds is 5. The lowest BCUT2D eigenvalue weighted by atomic mass is 9.94. The minimum Gasteiger partial charge on any atom is -0.334 e. The van der Waals surface area contributed by atoms with E-state index in [1.807, 2.05) is 67.6 Å². The Bertz CT molecular complexity index is 1380. The topological polar surface area (TPSA) is 71.3 Å². The Hall–Kier alpha value is -3.61. The number of carbonyl (C=O) groups is 1. The molecule has 34 heavy (non-hydrogen) atoms. The van der Waals surface area contributed by atoms with Gasteiger partial charge in [-0.25, -0.2) is 4.79 Å². The van der Waals surface area contributed by atoms with Crippen molar-refractivity contribution >= 4 is 34.8 Å². The number of carbonyl (C=O) groups excluding carboxylic acids is 1. The monoisotopic (exact) mass is 490 g/mol. The summed E-state index contributed by atoms with van der Waals surface area (Å²) in [6, 6.07) is 23.7. The molecule has 1 aromatic heterocycles. The maximum absolute atomic E-state index is 13.2. The van der Waals surface area contributed by atoms with Gasteiger partial charge in [0.05, 0.1) is 18.2 Å². The van der Waals surface area contributed by atoms with Crippen LogP contribution in [-0.2, 0) is 6.54 Å². The molecule has 1 aliphatic rings. The quantitative estimate of drug-likeness (QED) is 0.336. The summed E-state index contributed by atoms with van der Waals surface area (Å²) in [5, 5.41) is 8.45. The third-order valence-electron chi connectivity index (χ3n) is 5.75. The van der Waals surface area contributed by atoms with E-state index in [1.54, 1.807) is 23.1 Å². The average molecular weight is 491 g/mol. The largest absolute Gasteiger partial charge is 0.334 e. The van der Waals surface area contributed by atoms with E-state index in [1.165, 1.54) is 0 Å². The van der Waals surface area contributed by atoms with Crippen molar-refractivity contribution in [3.63, 3.8) is 0 Å². The van der Waals surface area contributed by atoms with Crippen molar-refractivity contribution in [1.29, 1.82) is 0 Å². The van der Waals surface area contributed by atoms with Gasteiger partial charge in [0.25, 0.3) is 5.89 Å². The smallest absolute Gasteiger partial charge is 0.322 e. The van der Waals surface area contributed by atoms with Crippen LogP contribution in [0.3, 0.4) is 0 Å². The fourth-order valence-corrected chi connectivity index (χ4v) is 4.40. The van der Waals surface area contributed by atoms with Crippen LogP contribution in [-0.4, -0.2) is 21.1 Å². The van der Waals surface area contributed by atoms with E-state index in [0.717, 1.165) is 22.3 Å². The van der Waals surface area contributed by atoms with Gasteiger partial charge < -0.3 is 9.84 Å². The number of nitrogens with one attached hydrogen (secondary N) is 1. The van der Waals surface area contributed by atoms with Crippen LogP contribution in [0.1, 0.15) is 30.0 Å². The SMILES string of the molecule is CC1=C(c2nc(-c3cccc(Cl)c3)no2)C(c2ccccc2)NC(=O)N1Cc1ccccc1Cl. The first-order chi connectivity index (χ1) is 16.5. The second-order valence-electron chi connectivity index (χ2n) is 7.90. The van der Waals surface area contributed by atoms with Crippen LogP contribution >= 0.6 is 23.2 Å². The predicted molar refractivity (Wildman–Crippen MR) is 132 cm³/mol. The number of hydrogen-bond acceptors (Lipinski definition) is 4. The number of nitrogens with zero attached hydrogens (tertiary/aromatic N) is 3. The van der Waals surface area contributed by atoms with Crippen molar-refractivity contribution in [3.8, 4) is 11.4 Å². The molecule has 2 amide bonds. The minimum atomic E-state index is -0.455. The molecule has 6 nitrogen and oxygen atoms in total. The number of hydrogen-bond donors (Lipinski definition) is 1. The average Bonchev–Trinajstić information content (AvgIpc) is 3.33. The molecule has 3 aromatic carbocycles. The maximum atomic E-state index is 13.2. The highest BCUT2D eigenvalue weighted by atomic mass is 35.5. The van der Waals surface area contributed by atoms with Crippen LogP contribution in [0.5, 0.6) is 0 Å². The number of benzene rings is 3. The Labute approximate surface area is 206 Å². The summed E-state index contributed by atoms with van der Waals surface area (Å²) >= 11 is 12.5. The summed E-state index contributed by atoms with van der Waals surface area (Å²) in [5.41, 5.74) is 3.91. The summed E-state index contributed by atoms with van der Waals surface area (Å²) in [4.78, 5) is 19.5. The molecule has 0 spiro atoms. The highest BCUT2D eigenvalue weighted by Gasteiger charge is 2.36. The molecular formula is C26H20Cl2N4O2. The summed E-state index contributed by atoms with van der Waals surface area (Å²) in [6.07, 6.45) is 0. The zero-order valence-electron chi connectivity index (χ0n) is 18.2. The first-order valence-electron chi connectivity index (χ1n) is 10.7. The van der Waals surface area contributed by atoms with Crippen molar-refractivity contribution in [1.82, 2.24) is 20.4 Å². The van der Waals surface area contributed by atoms with E-state index in [0.29, 0.717) is 34.0 Å². The highest BCUT2D eigenvalue weighted by molar-refractivity contribution is 6.31. The standard InChI is InChI=1S/C26H20Cl2N4O2/c1-16-22(25-30-24(31-34-25)18-11-7-12-20(27)14-18)23(17-8-3-2-4-9-17)29-26(33)32(16)15-19-10-5-6-13-21(19)28/h2-14,23H,15H2,1H3,(H,29,33). The van der Waals surface area contributed by atoms with Crippen LogP contribution < -0.4 is 5.32 Å². The Balaban J connectivity index is 1.61. The molecule has 170 valence electrons. The zero-order chi connectivity index (χ0) is 23.7. The Morgan fingerprint density at radius 1 is 1.00 bits per heavy atom. The molecule has 0 fully saturated rings. The van der Waals surface area contributed by atoms with Crippen molar-refractivity contribution in [2.45, 2.75) is 19.5 Å². The third kappa shape index (κ3) is 4.30. The minimum absolute atomic E-state index is 0.232. The highest BCUT2D eigenvalue weighted by Crippen LogP contribution is 2.38. The summed E-state index contributed by atoms with van der Waals surface area (Å²) in [6.45, 7) is 2.18. The predicted octanol–water partition coefficient (Wildman–Crippen LogP) is 6.74. The second-order valence-corrected chi connectivity index (χ2v) is 8.75. The molecule has 0 radical (unpaired) electrons. The first kappa shape index (κ1) is 22.2. The van der Waals surface area contributed by atoms with Gasteiger partial charge in [0.15, 0.2) is 0 Å². The van der Waals surface area contributed by atoms with Crippen molar-refractivity contribution in [2.75, 3.05) is 0 Å². The van der Waals surface area contributed by atoms with E-state index in [9.17, 15) is 4.79 Å². The van der Waals surface area contributed by atoms with Crippen LogP contribution in [0.4, 0.5) is 4.79 Å². The third-order valence-corrected chi connectivity index (χ3v) is 6.36. The lowest BCUT2D eigenvalue weighted by Crippen LogP contribution is -2.45. The van der Waals surface area contributed by atoms with Gasteiger partial charge in [-0.1, -0.05) is 89.0 Å². The zero-order valence-corrected chi connectivity index (χ0v) is 19.7. The molecule has 8 heteroatoms. The molecule has 2 heterocycles. The lowest BCUT2D eigenvalue weighted by molar-refractivity contribution is 0.203. The van der Waals surface area contributed by atoms with Crippen LogP contribution in [0.15, 0.2) is 89.1 Å². The van der Waals surface area contributed by atoms with Crippen LogP contribution in [0.25, 0.3) is 17.0 Å². The Morgan fingerprint density at radius 3 is 2.53 bits per heavy atom. The summed E-state index contributed by atoms with van der Waals surface area (Å²) in [5.74, 6) is 0.740. The van der Waals surface area contributed by atoms with Gasteiger partial charge in [0.2, 0.25) is 5.82 Å². The molecule has 1 aliphatic heterocycles. The van der Waals surface area contributed by atoms with Crippen molar-refractivity contribution in [2.24, 2.45) is 0 Å². The van der Waals surface area contributed by atoms with E-state index >= 15 is 0 Å². The van der Waals surface area contributed by atoms with Gasteiger partial charge in [-0.2, -0.15) is 4.98 Å².